The Morgan fingerprint density at radius 1 is 1.09 bits per heavy atom. The van der Waals surface area contributed by atoms with Crippen molar-refractivity contribution in [3.8, 4) is 0 Å². The lowest BCUT2D eigenvalue weighted by Gasteiger charge is -2.37. The van der Waals surface area contributed by atoms with Crippen LogP contribution in [-0.2, 0) is 0 Å². The van der Waals surface area contributed by atoms with E-state index in [0.717, 1.165) is 51.3 Å². The third-order valence-corrected chi connectivity index (χ3v) is 6.42. The fourth-order valence-corrected chi connectivity index (χ4v) is 4.36. The molecule has 3 N–H and O–H groups in total. The van der Waals surface area contributed by atoms with Crippen LogP contribution in [0.3, 0.4) is 0 Å². The number of para-hydroxylation sites is 1. The van der Waals surface area contributed by atoms with Gasteiger partial charge in [0, 0.05) is 49.2 Å². The number of hydrogen-bond acceptors (Lipinski definition) is 6. The van der Waals surface area contributed by atoms with Gasteiger partial charge in [0.15, 0.2) is 5.78 Å². The molecule has 4 rings (SSSR count). The molecule has 1 saturated heterocycles. The van der Waals surface area contributed by atoms with Crippen LogP contribution in [-0.4, -0.2) is 73.3 Å². The first-order chi connectivity index (χ1) is 15.5. The topological polar surface area (TPSA) is 74.0 Å². The van der Waals surface area contributed by atoms with Crippen molar-refractivity contribution in [2.24, 2.45) is 10.7 Å². The average Bonchev–Trinajstić information content (AvgIpc) is 2.82. The van der Waals surface area contributed by atoms with E-state index in [9.17, 15) is 4.79 Å². The second-order valence-electron chi connectivity index (χ2n) is 8.81. The van der Waals surface area contributed by atoms with Gasteiger partial charge in [-0.2, -0.15) is 0 Å². The number of allylic oxidation sites excluding steroid dienone is 1. The van der Waals surface area contributed by atoms with E-state index >= 15 is 0 Å². The summed E-state index contributed by atoms with van der Waals surface area (Å²) in [5.41, 5.74) is 8.30. The van der Waals surface area contributed by atoms with E-state index in [4.69, 9.17) is 5.73 Å². The lowest BCUT2D eigenvalue weighted by molar-refractivity contribution is 0.103. The van der Waals surface area contributed by atoms with Crippen LogP contribution in [0.2, 0.25) is 0 Å². The highest BCUT2D eigenvalue weighted by Gasteiger charge is 2.34. The van der Waals surface area contributed by atoms with Crippen LogP contribution < -0.4 is 11.1 Å². The molecule has 2 aliphatic heterocycles. The average molecular weight is 432 g/mol. The molecule has 0 aliphatic carbocycles. The number of carbonyl (C=O) groups excluding carboxylic acids is 1. The fourth-order valence-electron chi connectivity index (χ4n) is 4.36. The van der Waals surface area contributed by atoms with E-state index in [0.29, 0.717) is 11.1 Å². The van der Waals surface area contributed by atoms with E-state index in [1.807, 2.05) is 66.7 Å². The van der Waals surface area contributed by atoms with Crippen LogP contribution in [0.25, 0.3) is 0 Å². The number of nitrogens with zero attached hydrogens (tertiary/aromatic N) is 3. The lowest BCUT2D eigenvalue weighted by atomic mass is 9.88. The second-order valence-corrected chi connectivity index (χ2v) is 8.81. The Bertz CT molecular complexity index is 965. The predicted molar refractivity (Wildman–Crippen MR) is 131 cm³/mol. The fraction of sp³-hybridized carbons (Fsp3) is 0.385. The van der Waals surface area contributed by atoms with Gasteiger partial charge in [0.05, 0.1) is 5.54 Å². The maximum Gasteiger partial charge on any atom is 0.195 e. The van der Waals surface area contributed by atoms with Gasteiger partial charge < -0.3 is 20.9 Å². The molecule has 6 heteroatoms. The van der Waals surface area contributed by atoms with Crippen LogP contribution in [0.4, 0.5) is 5.69 Å². The first kappa shape index (κ1) is 22.4. The van der Waals surface area contributed by atoms with Crippen molar-refractivity contribution in [3.05, 3.63) is 77.9 Å². The van der Waals surface area contributed by atoms with Crippen LogP contribution >= 0.6 is 0 Å². The van der Waals surface area contributed by atoms with E-state index in [2.05, 4.69) is 27.2 Å². The largest absolute Gasteiger partial charge is 0.361 e. The van der Waals surface area contributed by atoms with E-state index in [-0.39, 0.29) is 11.9 Å². The number of likely N-dealkylation sites (N-methyl/N-ethyl adjacent to an activating group) is 1. The van der Waals surface area contributed by atoms with Crippen LogP contribution in [0.15, 0.2) is 71.7 Å². The van der Waals surface area contributed by atoms with Gasteiger partial charge in [0.25, 0.3) is 0 Å². The van der Waals surface area contributed by atoms with Crippen molar-refractivity contribution in [2.45, 2.75) is 24.5 Å². The monoisotopic (exact) mass is 431 g/mol. The molecule has 0 saturated carbocycles. The molecule has 168 valence electrons. The number of rotatable bonds is 8. The third kappa shape index (κ3) is 5.33. The summed E-state index contributed by atoms with van der Waals surface area (Å²) in [7, 11) is 2.17. The Hall–Kier alpha value is -2.80. The summed E-state index contributed by atoms with van der Waals surface area (Å²) in [5.74, 6) is -0.0123. The number of piperazine rings is 1. The van der Waals surface area contributed by atoms with Crippen molar-refractivity contribution in [1.82, 2.24) is 9.80 Å². The van der Waals surface area contributed by atoms with Crippen LogP contribution in [0.1, 0.15) is 28.8 Å². The molecular formula is C26H33N5O. The highest BCUT2D eigenvalue weighted by molar-refractivity contribution is 6.12. The molecule has 2 unspecified atom stereocenters. The number of benzene rings is 2. The number of nitrogens with two attached hydrogens (primary N) is 1. The van der Waals surface area contributed by atoms with Crippen LogP contribution in [0.5, 0.6) is 0 Å². The first-order valence-electron chi connectivity index (χ1n) is 11.4. The maximum atomic E-state index is 13.1. The van der Waals surface area contributed by atoms with Gasteiger partial charge >= 0.3 is 0 Å². The summed E-state index contributed by atoms with van der Waals surface area (Å²) < 4.78 is 0. The van der Waals surface area contributed by atoms with Crippen molar-refractivity contribution < 1.29 is 4.79 Å². The molecule has 2 atom stereocenters. The highest BCUT2D eigenvalue weighted by atomic mass is 16.1. The SMILES string of the molecule is CN1CCN(CCCC2(N)C=CC=NC2Nc2ccccc2C(=O)c2ccccc2)CC1. The van der Waals surface area contributed by atoms with Gasteiger partial charge in [0.2, 0.25) is 0 Å². The summed E-state index contributed by atoms with van der Waals surface area (Å²) in [5, 5.41) is 3.47. The number of nitrogens with one attached hydrogen (secondary N) is 1. The summed E-state index contributed by atoms with van der Waals surface area (Å²) in [4.78, 5) is 22.6. The van der Waals surface area contributed by atoms with E-state index in [1.165, 1.54) is 0 Å². The summed E-state index contributed by atoms with van der Waals surface area (Å²) in [6, 6.07) is 16.9. The molecule has 0 aromatic heterocycles. The number of anilines is 1. The number of dihydropyridines is 1. The summed E-state index contributed by atoms with van der Waals surface area (Å²) >= 11 is 0. The zero-order valence-electron chi connectivity index (χ0n) is 18.8. The molecule has 6 nitrogen and oxygen atoms in total. The molecule has 2 heterocycles. The summed E-state index contributed by atoms with van der Waals surface area (Å²) in [6.07, 6.45) is 7.25. The first-order valence-corrected chi connectivity index (χ1v) is 11.4. The van der Waals surface area contributed by atoms with E-state index in [1.54, 1.807) is 6.21 Å². The molecule has 0 amide bonds. The Morgan fingerprint density at radius 3 is 2.59 bits per heavy atom. The van der Waals surface area contributed by atoms with E-state index < -0.39 is 5.54 Å². The quantitative estimate of drug-likeness (QED) is 0.629. The molecule has 2 aromatic carbocycles. The number of aliphatic imine (C=N–C) groups is 1. The Morgan fingerprint density at radius 2 is 1.81 bits per heavy atom. The molecule has 0 bridgehead atoms. The third-order valence-electron chi connectivity index (χ3n) is 6.42. The van der Waals surface area contributed by atoms with Gasteiger partial charge in [-0.3, -0.25) is 9.79 Å². The molecule has 2 aromatic rings. The zero-order valence-corrected chi connectivity index (χ0v) is 18.8. The van der Waals surface area contributed by atoms with Crippen molar-refractivity contribution in [3.63, 3.8) is 0 Å². The Kier molecular flexibility index (Phi) is 7.15. The maximum absolute atomic E-state index is 13.1. The van der Waals surface area contributed by atoms with Crippen molar-refractivity contribution in [1.29, 1.82) is 0 Å². The van der Waals surface area contributed by atoms with Crippen LogP contribution in [0, 0.1) is 0 Å². The number of carbonyl (C=O) groups is 1. The Balaban J connectivity index is 1.44. The minimum absolute atomic E-state index is 0.0123. The zero-order chi connectivity index (χ0) is 22.4. The van der Waals surface area contributed by atoms with Gasteiger partial charge in [-0.15, -0.1) is 0 Å². The molecule has 32 heavy (non-hydrogen) atoms. The molecular weight excluding hydrogens is 398 g/mol. The van der Waals surface area contributed by atoms with Crippen molar-refractivity contribution in [2.75, 3.05) is 45.1 Å². The summed E-state index contributed by atoms with van der Waals surface area (Å²) in [6.45, 7) is 5.50. The van der Waals surface area contributed by atoms with Crippen molar-refractivity contribution >= 4 is 17.7 Å². The predicted octanol–water partition coefficient (Wildman–Crippen LogP) is 3.02. The molecule has 2 aliphatic rings. The molecule has 0 radical (unpaired) electrons. The second kappa shape index (κ2) is 10.2. The van der Waals surface area contributed by atoms with Gasteiger partial charge in [0.1, 0.15) is 6.17 Å². The van der Waals surface area contributed by atoms with Gasteiger partial charge in [-0.05, 0) is 44.6 Å². The molecule has 1 fully saturated rings. The van der Waals surface area contributed by atoms with Gasteiger partial charge in [-0.1, -0.05) is 48.5 Å². The minimum atomic E-state index is -0.607. The Labute approximate surface area is 190 Å². The normalized spacial score (nSPS) is 23.9. The number of hydrogen-bond donors (Lipinski definition) is 2. The minimum Gasteiger partial charge on any atom is -0.361 e. The standard InChI is InChI=1S/C26H33N5O/c1-30-17-19-31(20-18-30)16-8-14-26(27)13-7-15-28-25(26)29-23-12-6-5-11-22(23)24(32)21-9-3-2-4-10-21/h2-7,9-13,15,25,29H,8,14,16-20,27H2,1H3. The lowest BCUT2D eigenvalue weighted by Crippen LogP contribution is -2.53. The molecule has 0 spiro atoms. The van der Waals surface area contributed by atoms with Gasteiger partial charge in [-0.25, -0.2) is 0 Å². The smallest absolute Gasteiger partial charge is 0.195 e. The highest BCUT2D eigenvalue weighted by Crippen LogP contribution is 2.27. The number of ketones is 1.